The lowest BCUT2D eigenvalue weighted by Crippen LogP contribution is -2.14. The summed E-state index contributed by atoms with van der Waals surface area (Å²) >= 11 is 2.41. The molecule has 0 saturated carbocycles. The molecule has 0 unspecified atom stereocenters. The molecule has 1 amide bonds. The third-order valence-electron chi connectivity index (χ3n) is 4.22. The maximum atomic E-state index is 12.4. The number of methoxy groups -OCH3 is 3. The van der Waals surface area contributed by atoms with Crippen molar-refractivity contribution in [3.63, 3.8) is 0 Å². The number of aryl methyl sites for hydroxylation is 2. The van der Waals surface area contributed by atoms with Gasteiger partial charge in [-0.15, -0.1) is 0 Å². The van der Waals surface area contributed by atoms with E-state index in [-0.39, 0.29) is 11.7 Å². The highest BCUT2D eigenvalue weighted by Gasteiger charge is 2.17. The minimum atomic E-state index is -0.470. The van der Waals surface area contributed by atoms with Gasteiger partial charge in [-0.2, -0.15) is 0 Å². The molecule has 0 aliphatic rings. The number of aromatic nitrogens is 2. The molecule has 10 heteroatoms. The first-order valence-corrected chi connectivity index (χ1v) is 10.7. The van der Waals surface area contributed by atoms with Gasteiger partial charge in [0.2, 0.25) is 5.91 Å². The standard InChI is InChI=1S/C20H21N3O5S2/c1-10-6-12-7-14(26-3)15(27-4)8-13(12)22-18(10)29-9-16(24)23-20-21-11(2)17(30-20)19(25)28-5/h6-8H,9H2,1-5H3,(H,21,23,24). The van der Waals surface area contributed by atoms with Crippen molar-refractivity contribution in [2.24, 2.45) is 0 Å². The predicted octanol–water partition coefficient (Wildman–Crippen LogP) is 3.84. The highest BCUT2D eigenvalue weighted by molar-refractivity contribution is 8.00. The summed E-state index contributed by atoms with van der Waals surface area (Å²) in [5, 5.41) is 4.75. The molecule has 8 nitrogen and oxygen atoms in total. The lowest BCUT2D eigenvalue weighted by atomic mass is 10.1. The van der Waals surface area contributed by atoms with Gasteiger partial charge in [0.05, 0.1) is 38.3 Å². The van der Waals surface area contributed by atoms with Gasteiger partial charge >= 0.3 is 5.97 Å². The Morgan fingerprint density at radius 3 is 2.43 bits per heavy atom. The molecular weight excluding hydrogens is 426 g/mol. The van der Waals surface area contributed by atoms with E-state index in [0.717, 1.165) is 32.8 Å². The molecule has 0 radical (unpaired) electrons. The van der Waals surface area contributed by atoms with Crippen LogP contribution in [0.2, 0.25) is 0 Å². The van der Waals surface area contributed by atoms with E-state index in [4.69, 9.17) is 14.2 Å². The summed E-state index contributed by atoms with van der Waals surface area (Å²) in [7, 11) is 4.47. The number of ether oxygens (including phenoxy) is 3. The first kappa shape index (κ1) is 21.8. The Morgan fingerprint density at radius 1 is 1.07 bits per heavy atom. The van der Waals surface area contributed by atoms with E-state index in [9.17, 15) is 9.59 Å². The molecule has 2 aromatic heterocycles. The van der Waals surface area contributed by atoms with Crippen molar-refractivity contribution in [1.29, 1.82) is 0 Å². The lowest BCUT2D eigenvalue weighted by molar-refractivity contribution is -0.113. The van der Waals surface area contributed by atoms with Gasteiger partial charge in [0.15, 0.2) is 16.6 Å². The fourth-order valence-corrected chi connectivity index (χ4v) is 4.45. The van der Waals surface area contributed by atoms with Gasteiger partial charge in [-0.05, 0) is 31.5 Å². The van der Waals surface area contributed by atoms with Crippen LogP contribution >= 0.6 is 23.1 Å². The Balaban J connectivity index is 1.72. The fraction of sp³-hybridized carbons (Fsp3) is 0.300. The van der Waals surface area contributed by atoms with E-state index in [1.807, 2.05) is 25.1 Å². The number of carbonyl (C=O) groups is 2. The van der Waals surface area contributed by atoms with Gasteiger partial charge in [0.25, 0.3) is 0 Å². The summed E-state index contributed by atoms with van der Waals surface area (Å²) in [4.78, 5) is 33.3. The van der Waals surface area contributed by atoms with Crippen molar-refractivity contribution in [2.45, 2.75) is 18.9 Å². The number of anilines is 1. The summed E-state index contributed by atoms with van der Waals surface area (Å²) in [6, 6.07) is 5.68. The SMILES string of the molecule is COC(=O)c1sc(NC(=O)CSc2nc3cc(OC)c(OC)cc3cc2C)nc1C. The zero-order valence-corrected chi connectivity index (χ0v) is 18.8. The fourth-order valence-electron chi connectivity index (χ4n) is 2.76. The van der Waals surface area contributed by atoms with Crippen LogP contribution in [0, 0.1) is 13.8 Å². The number of benzene rings is 1. The average molecular weight is 448 g/mol. The van der Waals surface area contributed by atoms with Gasteiger partial charge in [-0.3, -0.25) is 4.79 Å². The van der Waals surface area contributed by atoms with Crippen LogP contribution in [0.3, 0.4) is 0 Å². The van der Waals surface area contributed by atoms with Crippen molar-refractivity contribution in [1.82, 2.24) is 9.97 Å². The quantitative estimate of drug-likeness (QED) is 0.431. The third-order valence-corrected chi connectivity index (χ3v) is 6.36. The van der Waals surface area contributed by atoms with Crippen LogP contribution in [-0.4, -0.2) is 48.9 Å². The Labute approximate surface area is 182 Å². The second-order valence-corrected chi connectivity index (χ2v) is 8.24. The normalized spacial score (nSPS) is 10.7. The maximum absolute atomic E-state index is 12.4. The Bertz CT molecular complexity index is 1110. The van der Waals surface area contributed by atoms with Crippen LogP contribution in [0.5, 0.6) is 11.5 Å². The number of esters is 1. The molecular formula is C20H21N3O5S2. The molecule has 0 saturated heterocycles. The highest BCUT2D eigenvalue weighted by atomic mass is 32.2. The van der Waals surface area contributed by atoms with Crippen molar-refractivity contribution < 1.29 is 23.8 Å². The number of pyridine rings is 1. The summed E-state index contributed by atoms with van der Waals surface area (Å²) < 4.78 is 15.4. The van der Waals surface area contributed by atoms with Crippen LogP contribution in [-0.2, 0) is 9.53 Å². The van der Waals surface area contributed by atoms with Gasteiger partial charge in [0, 0.05) is 11.5 Å². The van der Waals surface area contributed by atoms with E-state index in [0.29, 0.717) is 27.2 Å². The monoisotopic (exact) mass is 447 g/mol. The number of carbonyl (C=O) groups excluding carboxylic acids is 2. The minimum Gasteiger partial charge on any atom is -0.493 e. The first-order valence-electron chi connectivity index (χ1n) is 8.88. The number of rotatable bonds is 7. The van der Waals surface area contributed by atoms with Gasteiger partial charge in [0.1, 0.15) is 9.90 Å². The highest BCUT2D eigenvalue weighted by Crippen LogP contribution is 2.33. The van der Waals surface area contributed by atoms with E-state index in [1.165, 1.54) is 18.9 Å². The molecule has 158 valence electrons. The van der Waals surface area contributed by atoms with Crippen molar-refractivity contribution in [3.8, 4) is 11.5 Å². The second-order valence-electron chi connectivity index (χ2n) is 6.27. The van der Waals surface area contributed by atoms with Gasteiger partial charge < -0.3 is 19.5 Å². The summed E-state index contributed by atoms with van der Waals surface area (Å²) in [5.74, 6) is 0.673. The smallest absolute Gasteiger partial charge is 0.350 e. The molecule has 2 heterocycles. The number of thiazole rings is 1. The van der Waals surface area contributed by atoms with E-state index in [2.05, 4.69) is 15.3 Å². The maximum Gasteiger partial charge on any atom is 0.350 e. The van der Waals surface area contributed by atoms with Crippen LogP contribution < -0.4 is 14.8 Å². The zero-order chi connectivity index (χ0) is 21.8. The summed E-state index contributed by atoms with van der Waals surface area (Å²) in [6.45, 7) is 3.63. The number of hydrogen-bond donors (Lipinski definition) is 1. The molecule has 3 rings (SSSR count). The van der Waals surface area contributed by atoms with E-state index >= 15 is 0 Å². The van der Waals surface area contributed by atoms with E-state index in [1.54, 1.807) is 21.1 Å². The number of hydrogen-bond acceptors (Lipinski definition) is 9. The largest absolute Gasteiger partial charge is 0.493 e. The van der Waals surface area contributed by atoms with Crippen molar-refractivity contribution in [3.05, 3.63) is 34.3 Å². The van der Waals surface area contributed by atoms with Crippen LogP contribution in [0.1, 0.15) is 20.9 Å². The van der Waals surface area contributed by atoms with E-state index < -0.39 is 5.97 Å². The molecule has 1 aromatic carbocycles. The molecule has 30 heavy (non-hydrogen) atoms. The predicted molar refractivity (Wildman–Crippen MR) is 117 cm³/mol. The third kappa shape index (κ3) is 4.65. The molecule has 0 aliphatic carbocycles. The molecule has 0 spiro atoms. The minimum absolute atomic E-state index is 0.152. The molecule has 0 aliphatic heterocycles. The summed E-state index contributed by atoms with van der Waals surface area (Å²) in [5.41, 5.74) is 2.22. The molecule has 3 aromatic rings. The first-order chi connectivity index (χ1) is 14.4. The van der Waals surface area contributed by atoms with Crippen LogP contribution in [0.15, 0.2) is 23.2 Å². The molecule has 1 N–H and O–H groups in total. The van der Waals surface area contributed by atoms with Crippen molar-refractivity contribution in [2.75, 3.05) is 32.4 Å². The molecule has 0 atom stereocenters. The number of fused-ring (bicyclic) bond motifs is 1. The molecule has 0 bridgehead atoms. The Hall–Kier alpha value is -2.85. The number of amides is 1. The molecule has 0 fully saturated rings. The average Bonchev–Trinajstić information content (AvgIpc) is 3.10. The number of thioether (sulfide) groups is 1. The second kappa shape index (κ2) is 9.31. The number of nitrogens with zero attached hydrogens (tertiary/aromatic N) is 2. The van der Waals surface area contributed by atoms with Crippen LogP contribution in [0.4, 0.5) is 5.13 Å². The Kier molecular flexibility index (Phi) is 6.78. The summed E-state index contributed by atoms with van der Waals surface area (Å²) in [6.07, 6.45) is 0. The number of nitrogens with one attached hydrogen (secondary N) is 1. The lowest BCUT2D eigenvalue weighted by Gasteiger charge is -2.11. The van der Waals surface area contributed by atoms with Crippen molar-refractivity contribution >= 4 is 51.0 Å². The Morgan fingerprint density at radius 2 is 1.77 bits per heavy atom. The topological polar surface area (TPSA) is 99.6 Å². The van der Waals surface area contributed by atoms with Crippen LogP contribution in [0.25, 0.3) is 10.9 Å². The van der Waals surface area contributed by atoms with Gasteiger partial charge in [-0.1, -0.05) is 23.1 Å². The zero-order valence-electron chi connectivity index (χ0n) is 17.2. The van der Waals surface area contributed by atoms with Gasteiger partial charge in [-0.25, -0.2) is 14.8 Å².